The van der Waals surface area contributed by atoms with E-state index in [-0.39, 0.29) is 6.10 Å². The second-order valence-electron chi connectivity index (χ2n) is 4.58. The maximum Gasteiger partial charge on any atom is 0.0897 e. The molecule has 0 aromatic carbocycles. The van der Waals surface area contributed by atoms with Crippen LogP contribution in [0.25, 0.3) is 0 Å². The Kier molecular flexibility index (Phi) is 3.79. The molecule has 0 saturated heterocycles. The quantitative estimate of drug-likeness (QED) is 0.672. The molecule has 0 amide bonds. The van der Waals surface area contributed by atoms with Gasteiger partial charge in [-0.15, -0.1) is 0 Å². The van der Waals surface area contributed by atoms with Crippen LogP contribution >= 0.6 is 0 Å². The van der Waals surface area contributed by atoms with Crippen LogP contribution in [0.5, 0.6) is 0 Å². The van der Waals surface area contributed by atoms with Gasteiger partial charge in [-0.1, -0.05) is 12.8 Å². The summed E-state index contributed by atoms with van der Waals surface area (Å²) in [6, 6.07) is 0.677. The van der Waals surface area contributed by atoms with Crippen LogP contribution in [0.4, 0.5) is 0 Å². The number of ether oxygens (including phenoxy) is 1. The Morgan fingerprint density at radius 2 is 1.93 bits per heavy atom. The predicted octanol–water partition coefficient (Wildman–Crippen LogP) is 1.06. The lowest BCUT2D eigenvalue weighted by atomic mass is 10.3. The molecule has 2 N–H and O–H groups in total. The van der Waals surface area contributed by atoms with Gasteiger partial charge < -0.3 is 15.2 Å². The van der Waals surface area contributed by atoms with Crippen molar-refractivity contribution >= 4 is 0 Å². The first-order valence-electron chi connectivity index (χ1n) is 5.87. The van der Waals surface area contributed by atoms with Gasteiger partial charge in [-0.2, -0.15) is 0 Å². The van der Waals surface area contributed by atoms with Crippen molar-refractivity contribution in [2.75, 3.05) is 13.2 Å². The van der Waals surface area contributed by atoms with Gasteiger partial charge in [0.15, 0.2) is 0 Å². The maximum atomic E-state index is 9.60. The van der Waals surface area contributed by atoms with Crippen LogP contribution < -0.4 is 5.32 Å². The van der Waals surface area contributed by atoms with Crippen molar-refractivity contribution in [2.45, 2.75) is 56.8 Å². The molecule has 2 fully saturated rings. The normalized spacial score (nSPS) is 25.5. The van der Waals surface area contributed by atoms with E-state index in [0.29, 0.717) is 25.3 Å². The van der Waals surface area contributed by atoms with Crippen LogP contribution in [0.15, 0.2) is 0 Å². The first kappa shape index (κ1) is 10.4. The van der Waals surface area contributed by atoms with E-state index in [2.05, 4.69) is 5.32 Å². The molecule has 0 heterocycles. The van der Waals surface area contributed by atoms with Crippen LogP contribution in [0, 0.1) is 0 Å². The van der Waals surface area contributed by atoms with Crippen LogP contribution in [0.2, 0.25) is 0 Å². The van der Waals surface area contributed by atoms with Gasteiger partial charge in [-0.25, -0.2) is 0 Å². The lowest BCUT2D eigenvalue weighted by molar-refractivity contribution is -0.00550. The van der Waals surface area contributed by atoms with Crippen molar-refractivity contribution in [3.05, 3.63) is 0 Å². The van der Waals surface area contributed by atoms with E-state index in [9.17, 15) is 5.11 Å². The van der Waals surface area contributed by atoms with Crippen molar-refractivity contribution in [2.24, 2.45) is 0 Å². The maximum absolute atomic E-state index is 9.60. The minimum Gasteiger partial charge on any atom is -0.389 e. The summed E-state index contributed by atoms with van der Waals surface area (Å²) in [5.41, 5.74) is 0. The third-order valence-electron chi connectivity index (χ3n) is 3.05. The summed E-state index contributed by atoms with van der Waals surface area (Å²) >= 11 is 0. The largest absolute Gasteiger partial charge is 0.389 e. The molecular weight excluding hydrogens is 178 g/mol. The molecule has 0 aliphatic heterocycles. The minimum atomic E-state index is -0.323. The molecule has 1 atom stereocenters. The Balaban J connectivity index is 1.50. The summed E-state index contributed by atoms with van der Waals surface area (Å²) in [4.78, 5) is 0. The number of aliphatic hydroxyl groups is 1. The van der Waals surface area contributed by atoms with Gasteiger partial charge in [-0.3, -0.25) is 0 Å². The third kappa shape index (κ3) is 3.56. The van der Waals surface area contributed by atoms with Gasteiger partial charge in [0.25, 0.3) is 0 Å². The highest BCUT2D eigenvalue weighted by atomic mass is 16.5. The van der Waals surface area contributed by atoms with Crippen molar-refractivity contribution in [3.8, 4) is 0 Å². The highest BCUT2D eigenvalue weighted by Crippen LogP contribution is 2.21. The zero-order chi connectivity index (χ0) is 9.80. The van der Waals surface area contributed by atoms with E-state index in [1.807, 2.05) is 0 Å². The average Bonchev–Trinajstić information content (AvgIpc) is 2.87. The Morgan fingerprint density at radius 1 is 1.21 bits per heavy atom. The molecule has 1 unspecified atom stereocenters. The molecule has 2 aliphatic rings. The van der Waals surface area contributed by atoms with Gasteiger partial charge >= 0.3 is 0 Å². The van der Waals surface area contributed by atoms with Gasteiger partial charge in [0.05, 0.1) is 18.8 Å². The summed E-state index contributed by atoms with van der Waals surface area (Å²) in [6.45, 7) is 1.20. The van der Waals surface area contributed by atoms with Gasteiger partial charge in [0.2, 0.25) is 0 Å². The van der Waals surface area contributed by atoms with Crippen LogP contribution in [-0.4, -0.2) is 36.5 Å². The van der Waals surface area contributed by atoms with Gasteiger partial charge in [0, 0.05) is 12.6 Å². The molecule has 2 aliphatic carbocycles. The molecule has 0 bridgehead atoms. The van der Waals surface area contributed by atoms with Crippen molar-refractivity contribution in [1.82, 2.24) is 5.32 Å². The summed E-state index contributed by atoms with van der Waals surface area (Å²) in [7, 11) is 0. The zero-order valence-corrected chi connectivity index (χ0v) is 8.74. The summed E-state index contributed by atoms with van der Waals surface area (Å²) in [5, 5.41) is 12.9. The van der Waals surface area contributed by atoms with Crippen molar-refractivity contribution < 1.29 is 9.84 Å². The number of aliphatic hydroxyl groups excluding tert-OH is 1. The molecule has 0 aromatic rings. The van der Waals surface area contributed by atoms with E-state index in [4.69, 9.17) is 4.74 Å². The summed E-state index contributed by atoms with van der Waals surface area (Å²) in [6.07, 6.45) is 7.60. The van der Waals surface area contributed by atoms with Crippen molar-refractivity contribution in [3.63, 3.8) is 0 Å². The molecule has 3 nitrogen and oxygen atoms in total. The summed E-state index contributed by atoms with van der Waals surface area (Å²) in [5.74, 6) is 0. The van der Waals surface area contributed by atoms with E-state index in [0.717, 1.165) is 0 Å². The molecule has 14 heavy (non-hydrogen) atoms. The van der Waals surface area contributed by atoms with E-state index < -0.39 is 0 Å². The first-order chi connectivity index (χ1) is 6.84. The Morgan fingerprint density at radius 3 is 2.57 bits per heavy atom. The zero-order valence-electron chi connectivity index (χ0n) is 8.74. The molecule has 0 aromatic heterocycles. The highest BCUT2D eigenvalue weighted by Gasteiger charge is 2.22. The standard InChI is InChI=1S/C11H21NO2/c13-10(7-12-9-5-6-9)8-14-11-3-1-2-4-11/h9-13H,1-8H2. The fourth-order valence-electron chi connectivity index (χ4n) is 1.95. The number of hydrogen-bond donors (Lipinski definition) is 2. The molecule has 2 saturated carbocycles. The highest BCUT2D eigenvalue weighted by molar-refractivity contribution is 4.81. The molecule has 0 radical (unpaired) electrons. The average molecular weight is 199 g/mol. The molecule has 82 valence electrons. The van der Waals surface area contributed by atoms with Crippen LogP contribution in [0.1, 0.15) is 38.5 Å². The lowest BCUT2D eigenvalue weighted by Gasteiger charge is -2.15. The van der Waals surface area contributed by atoms with E-state index in [1.54, 1.807) is 0 Å². The fraction of sp³-hybridized carbons (Fsp3) is 1.00. The molecule has 3 heteroatoms. The summed E-state index contributed by atoms with van der Waals surface area (Å²) < 4.78 is 5.63. The number of rotatable bonds is 6. The molecule has 2 rings (SSSR count). The van der Waals surface area contributed by atoms with Crippen molar-refractivity contribution in [1.29, 1.82) is 0 Å². The second-order valence-corrected chi connectivity index (χ2v) is 4.58. The number of nitrogens with one attached hydrogen (secondary N) is 1. The topological polar surface area (TPSA) is 41.5 Å². The van der Waals surface area contributed by atoms with Gasteiger partial charge in [0.1, 0.15) is 0 Å². The van der Waals surface area contributed by atoms with E-state index in [1.165, 1.54) is 38.5 Å². The molecule has 0 spiro atoms. The second kappa shape index (κ2) is 5.10. The SMILES string of the molecule is OC(CNC1CC1)COC1CCCC1. The van der Waals surface area contributed by atoms with Crippen LogP contribution in [-0.2, 0) is 4.74 Å². The Bertz CT molecular complexity index is 165. The van der Waals surface area contributed by atoms with Crippen LogP contribution in [0.3, 0.4) is 0 Å². The lowest BCUT2D eigenvalue weighted by Crippen LogP contribution is -2.32. The minimum absolute atomic E-state index is 0.323. The smallest absolute Gasteiger partial charge is 0.0897 e. The fourth-order valence-corrected chi connectivity index (χ4v) is 1.95. The monoisotopic (exact) mass is 199 g/mol. The predicted molar refractivity (Wildman–Crippen MR) is 55.2 cm³/mol. The van der Waals surface area contributed by atoms with E-state index >= 15 is 0 Å². The molecular formula is C11H21NO2. The number of hydrogen-bond acceptors (Lipinski definition) is 3. The Hall–Kier alpha value is -0.120. The third-order valence-corrected chi connectivity index (χ3v) is 3.05. The van der Waals surface area contributed by atoms with Gasteiger partial charge in [-0.05, 0) is 25.7 Å². The first-order valence-corrected chi connectivity index (χ1v) is 5.87. The Labute approximate surface area is 85.8 Å².